The second kappa shape index (κ2) is 12.1. The zero-order valence-electron chi connectivity index (χ0n) is 18.4. The molecule has 166 valence electrons. The summed E-state index contributed by atoms with van der Waals surface area (Å²) in [5.74, 6) is 2.31. The van der Waals surface area contributed by atoms with Crippen LogP contribution in [0.5, 0.6) is 5.75 Å². The van der Waals surface area contributed by atoms with Gasteiger partial charge >= 0.3 is 0 Å². The predicted octanol–water partition coefficient (Wildman–Crippen LogP) is 3.61. The number of hydrogen-bond acceptors (Lipinski definition) is 4. The van der Waals surface area contributed by atoms with Crippen LogP contribution in [0.15, 0.2) is 41.7 Å². The van der Waals surface area contributed by atoms with Gasteiger partial charge in [-0.25, -0.2) is 4.99 Å². The molecule has 1 aromatic heterocycles. The Labute approximate surface area is 196 Å². The maximum absolute atomic E-state index is 5.98. The molecule has 0 amide bonds. The van der Waals surface area contributed by atoms with Gasteiger partial charge in [0, 0.05) is 37.5 Å². The molecule has 3 rings (SSSR count). The Morgan fingerprint density at radius 2 is 2.17 bits per heavy atom. The van der Waals surface area contributed by atoms with E-state index in [1.54, 1.807) is 0 Å². The van der Waals surface area contributed by atoms with Crippen LogP contribution < -0.4 is 10.1 Å². The van der Waals surface area contributed by atoms with Crippen molar-refractivity contribution < 1.29 is 9.47 Å². The zero-order valence-corrected chi connectivity index (χ0v) is 20.7. The average Bonchev–Trinajstić information content (AvgIpc) is 3.16. The van der Waals surface area contributed by atoms with Crippen LogP contribution in [0.25, 0.3) is 0 Å². The Morgan fingerprint density at radius 1 is 1.37 bits per heavy atom. The molecule has 2 heterocycles. The normalized spacial score (nSPS) is 17.0. The zero-order chi connectivity index (χ0) is 20.6. The Hall–Kier alpha value is -1.81. The SMILES string of the molecule is CCNC(=NCc1ccccc1OCC(C)C)N1CCOC(c2cnn(C)c2)C1.I. The number of aliphatic imine (C=N–C) groups is 1. The summed E-state index contributed by atoms with van der Waals surface area (Å²) in [6.07, 6.45) is 3.89. The van der Waals surface area contributed by atoms with Crippen molar-refractivity contribution in [3.05, 3.63) is 47.8 Å². The number of aryl methyl sites for hydroxylation is 1. The van der Waals surface area contributed by atoms with Gasteiger partial charge in [-0.2, -0.15) is 5.10 Å². The van der Waals surface area contributed by atoms with Gasteiger partial charge in [0.1, 0.15) is 11.9 Å². The number of hydrogen-bond donors (Lipinski definition) is 1. The molecule has 0 aliphatic carbocycles. The third kappa shape index (κ3) is 6.87. The first kappa shape index (κ1) is 24.5. The molecule has 1 aliphatic heterocycles. The fourth-order valence-corrected chi connectivity index (χ4v) is 3.27. The van der Waals surface area contributed by atoms with E-state index in [0.29, 0.717) is 25.7 Å². The molecule has 1 atom stereocenters. The molecule has 2 aromatic rings. The summed E-state index contributed by atoms with van der Waals surface area (Å²) < 4.78 is 13.8. The number of ether oxygens (including phenoxy) is 2. The highest BCUT2D eigenvalue weighted by atomic mass is 127. The molecule has 1 aromatic carbocycles. The topological polar surface area (TPSA) is 63.9 Å². The van der Waals surface area contributed by atoms with Crippen molar-refractivity contribution >= 4 is 29.9 Å². The first-order valence-electron chi connectivity index (χ1n) is 10.4. The van der Waals surface area contributed by atoms with Crippen molar-refractivity contribution in [3.8, 4) is 5.75 Å². The monoisotopic (exact) mass is 527 g/mol. The largest absolute Gasteiger partial charge is 0.493 e. The minimum atomic E-state index is 0. The van der Waals surface area contributed by atoms with E-state index in [-0.39, 0.29) is 30.1 Å². The lowest BCUT2D eigenvalue weighted by atomic mass is 10.1. The second-order valence-electron chi connectivity index (χ2n) is 7.74. The molecular formula is C22H34IN5O2. The molecule has 30 heavy (non-hydrogen) atoms. The van der Waals surface area contributed by atoms with Gasteiger partial charge in [0.15, 0.2) is 5.96 Å². The smallest absolute Gasteiger partial charge is 0.194 e. The highest BCUT2D eigenvalue weighted by Gasteiger charge is 2.25. The molecule has 7 nitrogen and oxygen atoms in total. The number of aromatic nitrogens is 2. The average molecular weight is 527 g/mol. The summed E-state index contributed by atoms with van der Waals surface area (Å²) >= 11 is 0. The molecule has 1 unspecified atom stereocenters. The number of rotatable bonds is 7. The first-order chi connectivity index (χ1) is 14.1. The van der Waals surface area contributed by atoms with Gasteiger partial charge in [-0.15, -0.1) is 24.0 Å². The summed E-state index contributed by atoms with van der Waals surface area (Å²) in [4.78, 5) is 7.17. The van der Waals surface area contributed by atoms with Crippen LogP contribution in [-0.4, -0.2) is 53.5 Å². The fourth-order valence-electron chi connectivity index (χ4n) is 3.27. The lowest BCUT2D eigenvalue weighted by Gasteiger charge is -2.34. The van der Waals surface area contributed by atoms with E-state index in [4.69, 9.17) is 14.5 Å². The van der Waals surface area contributed by atoms with Crippen molar-refractivity contribution in [2.45, 2.75) is 33.4 Å². The fraction of sp³-hybridized carbons (Fsp3) is 0.545. The molecular weight excluding hydrogens is 493 g/mol. The van der Waals surface area contributed by atoms with Gasteiger partial charge < -0.3 is 19.7 Å². The highest BCUT2D eigenvalue weighted by molar-refractivity contribution is 14.0. The van der Waals surface area contributed by atoms with E-state index in [1.807, 2.05) is 42.3 Å². The number of morpholine rings is 1. The molecule has 0 bridgehead atoms. The standard InChI is InChI=1S/C22H33N5O2.HI/c1-5-23-22(24-12-18-8-6-7-9-20(18)29-16-17(2)3)27-10-11-28-21(15-27)19-13-25-26(4)14-19;/h6-9,13-14,17,21H,5,10-12,15-16H2,1-4H3,(H,23,24);1H. The summed E-state index contributed by atoms with van der Waals surface area (Å²) in [5.41, 5.74) is 2.20. The van der Waals surface area contributed by atoms with Crippen molar-refractivity contribution in [1.29, 1.82) is 0 Å². The quantitative estimate of drug-likeness (QED) is 0.339. The van der Waals surface area contributed by atoms with Gasteiger partial charge in [-0.05, 0) is 18.9 Å². The van der Waals surface area contributed by atoms with Gasteiger partial charge in [-0.3, -0.25) is 4.68 Å². The van der Waals surface area contributed by atoms with Crippen LogP contribution in [0.2, 0.25) is 0 Å². The third-order valence-electron chi connectivity index (χ3n) is 4.74. The molecule has 0 radical (unpaired) electrons. The van der Waals surface area contributed by atoms with Gasteiger partial charge in [0.05, 0.1) is 32.5 Å². The van der Waals surface area contributed by atoms with E-state index in [0.717, 1.165) is 42.5 Å². The van der Waals surface area contributed by atoms with Crippen molar-refractivity contribution in [1.82, 2.24) is 20.0 Å². The van der Waals surface area contributed by atoms with Gasteiger partial charge in [0.2, 0.25) is 0 Å². The van der Waals surface area contributed by atoms with Gasteiger partial charge in [-0.1, -0.05) is 32.0 Å². The lowest BCUT2D eigenvalue weighted by molar-refractivity contribution is -0.00805. The van der Waals surface area contributed by atoms with Crippen molar-refractivity contribution in [2.75, 3.05) is 32.8 Å². The van der Waals surface area contributed by atoms with Crippen LogP contribution in [0, 0.1) is 5.92 Å². The van der Waals surface area contributed by atoms with Crippen molar-refractivity contribution in [2.24, 2.45) is 18.0 Å². The van der Waals surface area contributed by atoms with Crippen LogP contribution >= 0.6 is 24.0 Å². The molecule has 1 aliphatic rings. The number of halogens is 1. The Bertz CT molecular complexity index is 808. The van der Waals surface area contributed by atoms with E-state index >= 15 is 0 Å². The predicted molar refractivity (Wildman–Crippen MR) is 130 cm³/mol. The molecule has 1 saturated heterocycles. The molecule has 1 N–H and O–H groups in total. The molecule has 1 fully saturated rings. The highest BCUT2D eigenvalue weighted by Crippen LogP contribution is 2.23. The summed E-state index contributed by atoms with van der Waals surface area (Å²) in [6.45, 7) is 10.7. The second-order valence-corrected chi connectivity index (χ2v) is 7.74. The van der Waals surface area contributed by atoms with E-state index in [1.165, 1.54) is 0 Å². The first-order valence-corrected chi connectivity index (χ1v) is 10.4. The van der Waals surface area contributed by atoms with Crippen LogP contribution in [0.1, 0.15) is 38.0 Å². The van der Waals surface area contributed by atoms with Crippen LogP contribution in [-0.2, 0) is 18.3 Å². The Balaban J connectivity index is 0.00000320. The minimum Gasteiger partial charge on any atom is -0.493 e. The molecule has 0 spiro atoms. The van der Waals surface area contributed by atoms with Crippen LogP contribution in [0.4, 0.5) is 0 Å². The van der Waals surface area contributed by atoms with Crippen LogP contribution in [0.3, 0.4) is 0 Å². The number of para-hydroxylation sites is 1. The lowest BCUT2D eigenvalue weighted by Crippen LogP contribution is -2.48. The number of benzene rings is 1. The van der Waals surface area contributed by atoms with E-state index < -0.39 is 0 Å². The maximum atomic E-state index is 5.98. The van der Waals surface area contributed by atoms with Gasteiger partial charge in [0.25, 0.3) is 0 Å². The van der Waals surface area contributed by atoms with Crippen molar-refractivity contribution in [3.63, 3.8) is 0 Å². The summed E-state index contributed by atoms with van der Waals surface area (Å²) in [6, 6.07) is 8.15. The number of nitrogens with zero attached hydrogens (tertiary/aromatic N) is 4. The maximum Gasteiger partial charge on any atom is 0.194 e. The number of nitrogens with one attached hydrogen (secondary N) is 1. The Morgan fingerprint density at radius 3 is 2.87 bits per heavy atom. The Kier molecular flexibility index (Phi) is 9.90. The molecule has 0 saturated carbocycles. The summed E-state index contributed by atoms with van der Waals surface area (Å²) in [5, 5.41) is 7.70. The summed E-state index contributed by atoms with van der Waals surface area (Å²) in [7, 11) is 1.93. The minimum absolute atomic E-state index is 0. The molecule has 8 heteroatoms. The van der Waals surface area contributed by atoms with E-state index in [9.17, 15) is 0 Å². The number of guanidine groups is 1. The van der Waals surface area contributed by atoms with E-state index in [2.05, 4.69) is 42.2 Å². The third-order valence-corrected chi connectivity index (χ3v) is 4.74.